The number of amides is 1. The van der Waals surface area contributed by atoms with Crippen molar-refractivity contribution < 1.29 is 9.90 Å². The molecule has 0 bridgehead atoms. The molecule has 5 rings (SSSR count). The Morgan fingerprint density at radius 3 is 2.44 bits per heavy atom. The van der Waals surface area contributed by atoms with Gasteiger partial charge in [-0.25, -0.2) is 0 Å². The molecule has 0 unspecified atom stereocenters. The first-order chi connectivity index (χ1) is 17.5. The number of allylic oxidation sites excluding steroid dienone is 1. The molecule has 2 aliphatic rings. The Hall–Kier alpha value is -3.29. The Labute approximate surface area is 217 Å². The summed E-state index contributed by atoms with van der Waals surface area (Å²) in [5, 5.41) is 15.8. The Balaban J connectivity index is 1.23. The van der Waals surface area contributed by atoms with E-state index in [2.05, 4.69) is 26.6 Å². The average molecular weight is 506 g/mol. The van der Waals surface area contributed by atoms with Gasteiger partial charge in [-0.05, 0) is 24.3 Å². The number of halogens is 1. The number of benzene rings is 2. The molecule has 36 heavy (non-hydrogen) atoms. The molecule has 0 aliphatic carbocycles. The van der Waals surface area contributed by atoms with E-state index < -0.39 is 0 Å². The second kappa shape index (κ2) is 10.8. The van der Waals surface area contributed by atoms with Gasteiger partial charge in [0.25, 0.3) is 0 Å². The quantitative estimate of drug-likeness (QED) is 0.509. The van der Waals surface area contributed by atoms with Crippen LogP contribution in [0.2, 0.25) is 5.02 Å². The number of carbonyl (C=O) groups is 1. The van der Waals surface area contributed by atoms with Crippen LogP contribution in [-0.4, -0.2) is 69.9 Å². The Morgan fingerprint density at radius 2 is 1.72 bits per heavy atom. The molecule has 1 amide bonds. The van der Waals surface area contributed by atoms with Crippen LogP contribution in [0.15, 0.2) is 60.7 Å². The molecule has 2 aromatic carbocycles. The van der Waals surface area contributed by atoms with Crippen molar-refractivity contribution in [2.45, 2.75) is 26.4 Å². The van der Waals surface area contributed by atoms with E-state index in [1.807, 2.05) is 47.4 Å². The van der Waals surface area contributed by atoms with Crippen LogP contribution in [-0.2, 0) is 24.3 Å². The molecule has 1 aromatic heterocycles. The SMILES string of the molecule is CC(=O)N1CCc2c(c(-c3ccc(Cl)cc3)nn2C/C=C/CN2CCN(c3ccccc3O)CC2)C1. The Bertz CT molecular complexity index is 1250. The van der Waals surface area contributed by atoms with E-state index in [0.29, 0.717) is 23.9 Å². The second-order valence-electron chi connectivity index (χ2n) is 9.40. The summed E-state index contributed by atoms with van der Waals surface area (Å²) in [5.74, 6) is 0.440. The van der Waals surface area contributed by atoms with Gasteiger partial charge in [0.15, 0.2) is 0 Å². The van der Waals surface area contributed by atoms with Crippen LogP contribution in [0.3, 0.4) is 0 Å². The van der Waals surface area contributed by atoms with Crippen LogP contribution in [0, 0.1) is 0 Å². The van der Waals surface area contributed by atoms with Crippen molar-refractivity contribution >= 4 is 23.2 Å². The third kappa shape index (κ3) is 5.27. The van der Waals surface area contributed by atoms with Gasteiger partial charge in [-0.1, -0.05) is 48.0 Å². The molecular weight excluding hydrogens is 474 g/mol. The van der Waals surface area contributed by atoms with E-state index in [9.17, 15) is 9.90 Å². The number of rotatable bonds is 6. The maximum Gasteiger partial charge on any atom is 0.219 e. The zero-order valence-corrected chi connectivity index (χ0v) is 21.4. The normalized spacial score (nSPS) is 16.5. The van der Waals surface area contributed by atoms with Gasteiger partial charge in [0, 0.05) is 81.0 Å². The minimum atomic E-state index is 0.0953. The third-order valence-electron chi connectivity index (χ3n) is 7.10. The number of carbonyl (C=O) groups excluding carboxylic acids is 1. The summed E-state index contributed by atoms with van der Waals surface area (Å²) in [6, 6.07) is 15.3. The standard InChI is InChI=1S/C28H32ClN5O2/c1-21(35)33-15-12-25-24(20-33)28(22-8-10-23(29)11-9-22)30-34(25)14-5-4-13-31-16-18-32(19-17-31)26-6-2-3-7-27(26)36/h2-11,36H,12-20H2,1H3/b5-4+. The van der Waals surface area contributed by atoms with E-state index in [4.69, 9.17) is 16.7 Å². The molecule has 3 heterocycles. The number of nitrogens with zero attached hydrogens (tertiary/aromatic N) is 5. The van der Waals surface area contributed by atoms with Crippen molar-refractivity contribution in [3.63, 3.8) is 0 Å². The van der Waals surface area contributed by atoms with Crippen molar-refractivity contribution in [3.8, 4) is 17.0 Å². The van der Waals surface area contributed by atoms with E-state index >= 15 is 0 Å². The highest BCUT2D eigenvalue weighted by molar-refractivity contribution is 6.30. The summed E-state index contributed by atoms with van der Waals surface area (Å²) in [5.41, 5.74) is 5.20. The highest BCUT2D eigenvalue weighted by Crippen LogP contribution is 2.31. The fourth-order valence-electron chi connectivity index (χ4n) is 5.05. The van der Waals surface area contributed by atoms with Crippen molar-refractivity contribution in [2.75, 3.05) is 44.2 Å². The number of aromatic nitrogens is 2. The molecule has 188 valence electrons. The number of aromatic hydroxyl groups is 1. The summed E-state index contributed by atoms with van der Waals surface area (Å²) in [7, 11) is 0. The summed E-state index contributed by atoms with van der Waals surface area (Å²) in [6.45, 7) is 8.24. The lowest BCUT2D eigenvalue weighted by atomic mass is 10.0. The lowest BCUT2D eigenvalue weighted by Gasteiger charge is -2.35. The van der Waals surface area contributed by atoms with Crippen molar-refractivity contribution in [2.24, 2.45) is 0 Å². The minimum absolute atomic E-state index is 0.0953. The first kappa shape index (κ1) is 24.4. The van der Waals surface area contributed by atoms with Gasteiger partial charge in [0.1, 0.15) is 5.75 Å². The molecule has 2 aliphatic heterocycles. The highest BCUT2D eigenvalue weighted by atomic mass is 35.5. The van der Waals surface area contributed by atoms with Gasteiger partial charge < -0.3 is 14.9 Å². The van der Waals surface area contributed by atoms with Gasteiger partial charge >= 0.3 is 0 Å². The summed E-state index contributed by atoms with van der Waals surface area (Å²) >= 11 is 6.10. The van der Waals surface area contributed by atoms with E-state index in [-0.39, 0.29) is 5.91 Å². The first-order valence-electron chi connectivity index (χ1n) is 12.5. The number of para-hydroxylation sites is 2. The van der Waals surface area contributed by atoms with Gasteiger partial charge in [-0.3, -0.25) is 14.4 Å². The fourth-order valence-corrected chi connectivity index (χ4v) is 5.18. The third-order valence-corrected chi connectivity index (χ3v) is 7.35. The average Bonchev–Trinajstić information content (AvgIpc) is 3.25. The van der Waals surface area contributed by atoms with E-state index in [1.54, 1.807) is 13.0 Å². The van der Waals surface area contributed by atoms with Crippen LogP contribution in [0.1, 0.15) is 18.2 Å². The molecule has 3 aromatic rings. The molecule has 1 N–H and O–H groups in total. The maximum atomic E-state index is 12.0. The highest BCUT2D eigenvalue weighted by Gasteiger charge is 2.26. The smallest absolute Gasteiger partial charge is 0.219 e. The lowest BCUT2D eigenvalue weighted by molar-refractivity contribution is -0.129. The number of phenols is 1. The molecule has 0 atom stereocenters. The Kier molecular flexibility index (Phi) is 7.30. The number of piperazine rings is 1. The van der Waals surface area contributed by atoms with Crippen molar-refractivity contribution in [3.05, 3.63) is 77.0 Å². The van der Waals surface area contributed by atoms with Gasteiger partial charge in [0.2, 0.25) is 5.91 Å². The zero-order chi connectivity index (χ0) is 25.1. The molecular formula is C28H32ClN5O2. The minimum Gasteiger partial charge on any atom is -0.506 e. The topological polar surface area (TPSA) is 64.8 Å². The van der Waals surface area contributed by atoms with Crippen LogP contribution in [0.5, 0.6) is 5.75 Å². The molecule has 1 saturated heterocycles. The van der Waals surface area contributed by atoms with Gasteiger partial charge in [-0.2, -0.15) is 5.10 Å². The molecule has 0 radical (unpaired) electrons. The molecule has 0 saturated carbocycles. The largest absolute Gasteiger partial charge is 0.506 e. The number of hydrogen-bond donors (Lipinski definition) is 1. The van der Waals surface area contributed by atoms with Gasteiger partial charge in [0.05, 0.1) is 17.9 Å². The predicted octanol–water partition coefficient (Wildman–Crippen LogP) is 4.19. The van der Waals surface area contributed by atoms with Crippen LogP contribution < -0.4 is 4.90 Å². The predicted molar refractivity (Wildman–Crippen MR) is 143 cm³/mol. The lowest BCUT2D eigenvalue weighted by Crippen LogP contribution is -2.46. The number of fused-ring (bicyclic) bond motifs is 1. The summed E-state index contributed by atoms with van der Waals surface area (Å²) < 4.78 is 2.09. The molecule has 1 fully saturated rings. The van der Waals surface area contributed by atoms with Crippen LogP contribution >= 0.6 is 11.6 Å². The van der Waals surface area contributed by atoms with Crippen molar-refractivity contribution in [1.82, 2.24) is 19.6 Å². The number of phenolic OH excluding ortho intramolecular Hbond substituents is 1. The molecule has 0 spiro atoms. The summed E-state index contributed by atoms with van der Waals surface area (Å²) in [4.78, 5) is 18.6. The monoisotopic (exact) mass is 505 g/mol. The summed E-state index contributed by atoms with van der Waals surface area (Å²) in [6.07, 6.45) is 5.21. The van der Waals surface area contributed by atoms with E-state index in [0.717, 1.165) is 68.2 Å². The number of hydrogen-bond acceptors (Lipinski definition) is 5. The first-order valence-corrected chi connectivity index (χ1v) is 12.9. The van der Waals surface area contributed by atoms with Gasteiger partial charge in [-0.15, -0.1) is 0 Å². The fraction of sp³-hybridized carbons (Fsp3) is 0.357. The maximum absolute atomic E-state index is 12.0. The number of anilines is 1. The Morgan fingerprint density at radius 1 is 1.00 bits per heavy atom. The second-order valence-corrected chi connectivity index (χ2v) is 9.84. The van der Waals surface area contributed by atoms with E-state index in [1.165, 1.54) is 5.69 Å². The zero-order valence-electron chi connectivity index (χ0n) is 20.6. The molecule has 8 heteroatoms. The molecule has 7 nitrogen and oxygen atoms in total. The van der Waals surface area contributed by atoms with Crippen LogP contribution in [0.25, 0.3) is 11.3 Å². The van der Waals surface area contributed by atoms with Crippen LogP contribution in [0.4, 0.5) is 5.69 Å². The van der Waals surface area contributed by atoms with Crippen molar-refractivity contribution in [1.29, 1.82) is 0 Å².